The minimum absolute atomic E-state index is 0.0180. The molecule has 3 aliphatic rings. The zero-order valence-corrected chi connectivity index (χ0v) is 7.71. The number of esters is 1. The first-order chi connectivity index (χ1) is 6.21. The van der Waals surface area contributed by atoms with Crippen molar-refractivity contribution in [1.82, 2.24) is 0 Å². The quantitative estimate of drug-likeness (QED) is 0.419. The molecule has 2 aliphatic carbocycles. The molecule has 2 nitrogen and oxygen atoms in total. The first-order valence-electron chi connectivity index (χ1n) is 5.09. The molecule has 3 unspecified atom stereocenters. The van der Waals surface area contributed by atoms with Crippen LogP contribution in [0.3, 0.4) is 0 Å². The second-order valence-corrected chi connectivity index (χ2v) is 4.74. The summed E-state index contributed by atoms with van der Waals surface area (Å²) in [5.74, 6) is 1.12. The zero-order valence-electron chi connectivity index (χ0n) is 7.71. The maximum absolute atomic E-state index is 11.2. The molecule has 3 atom stereocenters. The lowest BCUT2D eigenvalue weighted by Crippen LogP contribution is -2.33. The Labute approximate surface area is 78.0 Å². The van der Waals surface area contributed by atoms with Gasteiger partial charge in [0.1, 0.15) is 5.60 Å². The van der Waals surface area contributed by atoms with Crippen LogP contribution in [0.2, 0.25) is 0 Å². The fourth-order valence-corrected chi connectivity index (χ4v) is 3.53. The highest BCUT2D eigenvalue weighted by atomic mass is 16.6. The Morgan fingerprint density at radius 3 is 2.77 bits per heavy atom. The molecule has 0 aromatic carbocycles. The van der Waals surface area contributed by atoms with E-state index < -0.39 is 0 Å². The molecule has 3 rings (SSSR count). The van der Waals surface area contributed by atoms with Gasteiger partial charge in [0.2, 0.25) is 0 Å². The molecule has 0 N–H and O–H groups in total. The largest absolute Gasteiger partial charge is 0.458 e. The first kappa shape index (κ1) is 7.60. The summed E-state index contributed by atoms with van der Waals surface area (Å²) in [5.41, 5.74) is 1.19. The minimum atomic E-state index is -0.0891. The molecule has 2 saturated carbocycles. The van der Waals surface area contributed by atoms with Crippen LogP contribution < -0.4 is 0 Å². The molecule has 1 heterocycles. The van der Waals surface area contributed by atoms with Crippen molar-refractivity contribution in [2.24, 2.45) is 11.8 Å². The van der Waals surface area contributed by atoms with Crippen LogP contribution in [-0.2, 0) is 9.53 Å². The number of ether oxygens (including phenoxy) is 1. The summed E-state index contributed by atoms with van der Waals surface area (Å²) in [7, 11) is 0. The van der Waals surface area contributed by atoms with Crippen molar-refractivity contribution in [1.29, 1.82) is 0 Å². The summed E-state index contributed by atoms with van der Waals surface area (Å²) < 4.78 is 5.57. The summed E-state index contributed by atoms with van der Waals surface area (Å²) in [4.78, 5) is 11.2. The van der Waals surface area contributed by atoms with Crippen LogP contribution >= 0.6 is 0 Å². The van der Waals surface area contributed by atoms with Crippen LogP contribution in [0.15, 0.2) is 12.2 Å². The van der Waals surface area contributed by atoms with Crippen molar-refractivity contribution >= 4 is 5.97 Å². The lowest BCUT2D eigenvalue weighted by Gasteiger charge is -2.26. The third-order valence-electron chi connectivity index (χ3n) is 4.02. The van der Waals surface area contributed by atoms with Crippen molar-refractivity contribution in [2.75, 3.05) is 0 Å². The summed E-state index contributed by atoms with van der Waals surface area (Å²) in [6.07, 6.45) is 5.10. The maximum atomic E-state index is 11.2. The van der Waals surface area contributed by atoms with E-state index in [0.29, 0.717) is 18.3 Å². The fourth-order valence-electron chi connectivity index (χ4n) is 3.53. The van der Waals surface area contributed by atoms with Crippen LogP contribution in [0.5, 0.6) is 0 Å². The Morgan fingerprint density at radius 2 is 2.00 bits per heavy atom. The lowest BCUT2D eigenvalue weighted by atomic mass is 9.87. The summed E-state index contributed by atoms with van der Waals surface area (Å²) in [5, 5.41) is 0. The molecule has 0 amide bonds. The molecule has 0 bridgehead atoms. The van der Waals surface area contributed by atoms with E-state index in [1.54, 1.807) is 0 Å². The van der Waals surface area contributed by atoms with Gasteiger partial charge in [0, 0.05) is 18.3 Å². The van der Waals surface area contributed by atoms with Gasteiger partial charge in [0.05, 0.1) is 6.42 Å². The predicted molar refractivity (Wildman–Crippen MR) is 48.0 cm³/mol. The second-order valence-electron chi connectivity index (χ2n) is 4.74. The summed E-state index contributed by atoms with van der Waals surface area (Å²) in [6.45, 7) is 4.03. The Balaban J connectivity index is 2.00. The highest BCUT2D eigenvalue weighted by Gasteiger charge is 2.60. The topological polar surface area (TPSA) is 26.3 Å². The van der Waals surface area contributed by atoms with E-state index in [-0.39, 0.29) is 11.6 Å². The van der Waals surface area contributed by atoms with Gasteiger partial charge in [0.25, 0.3) is 0 Å². The van der Waals surface area contributed by atoms with Crippen LogP contribution in [0.1, 0.15) is 32.1 Å². The molecule has 13 heavy (non-hydrogen) atoms. The van der Waals surface area contributed by atoms with Crippen molar-refractivity contribution in [2.45, 2.75) is 37.7 Å². The van der Waals surface area contributed by atoms with E-state index in [4.69, 9.17) is 4.74 Å². The third kappa shape index (κ3) is 0.812. The highest BCUT2D eigenvalue weighted by molar-refractivity contribution is 5.73. The molecule has 2 heteroatoms. The van der Waals surface area contributed by atoms with E-state index in [1.807, 2.05) is 0 Å². The van der Waals surface area contributed by atoms with Gasteiger partial charge in [-0.3, -0.25) is 4.79 Å². The molecule has 0 aromatic rings. The molecular formula is C11H14O2. The number of rotatable bonds is 0. The molecule has 1 aliphatic heterocycles. The van der Waals surface area contributed by atoms with Gasteiger partial charge in [-0.05, 0) is 19.3 Å². The monoisotopic (exact) mass is 178 g/mol. The van der Waals surface area contributed by atoms with Crippen molar-refractivity contribution < 1.29 is 9.53 Å². The summed E-state index contributed by atoms with van der Waals surface area (Å²) >= 11 is 0. The zero-order chi connectivity index (χ0) is 9.05. The van der Waals surface area contributed by atoms with Crippen LogP contribution in [0, 0.1) is 11.8 Å². The molecule has 0 radical (unpaired) electrons. The average Bonchev–Trinajstić information content (AvgIpc) is 2.56. The molecular weight excluding hydrogens is 164 g/mol. The molecule has 70 valence electrons. The Hall–Kier alpha value is -0.790. The van der Waals surface area contributed by atoms with Gasteiger partial charge < -0.3 is 4.74 Å². The fraction of sp³-hybridized carbons (Fsp3) is 0.727. The van der Waals surface area contributed by atoms with E-state index in [1.165, 1.54) is 18.4 Å². The van der Waals surface area contributed by atoms with E-state index in [0.717, 1.165) is 12.8 Å². The molecule has 1 spiro atoms. The normalized spacial score (nSPS) is 47.7. The minimum Gasteiger partial charge on any atom is -0.458 e. The van der Waals surface area contributed by atoms with Gasteiger partial charge in [-0.2, -0.15) is 0 Å². The number of hydrogen-bond acceptors (Lipinski definition) is 2. The van der Waals surface area contributed by atoms with E-state index in [2.05, 4.69) is 6.58 Å². The molecule has 0 aromatic heterocycles. The van der Waals surface area contributed by atoms with Crippen LogP contribution in [0.4, 0.5) is 0 Å². The van der Waals surface area contributed by atoms with Crippen molar-refractivity contribution in [3.8, 4) is 0 Å². The number of carbonyl (C=O) groups is 1. The van der Waals surface area contributed by atoms with Gasteiger partial charge >= 0.3 is 5.97 Å². The van der Waals surface area contributed by atoms with Crippen molar-refractivity contribution in [3.63, 3.8) is 0 Å². The van der Waals surface area contributed by atoms with Gasteiger partial charge in [-0.1, -0.05) is 12.2 Å². The summed E-state index contributed by atoms with van der Waals surface area (Å²) in [6, 6.07) is 0. The number of hydrogen-bond donors (Lipinski definition) is 0. The second kappa shape index (κ2) is 2.17. The Bertz CT molecular complexity index is 262. The van der Waals surface area contributed by atoms with Gasteiger partial charge in [-0.15, -0.1) is 0 Å². The average molecular weight is 178 g/mol. The third-order valence-corrected chi connectivity index (χ3v) is 4.02. The highest BCUT2D eigenvalue weighted by Crippen LogP contribution is 2.58. The smallest absolute Gasteiger partial charge is 0.306 e. The Morgan fingerprint density at radius 1 is 1.31 bits per heavy atom. The first-order valence-corrected chi connectivity index (χ1v) is 5.09. The maximum Gasteiger partial charge on any atom is 0.306 e. The molecule has 1 saturated heterocycles. The van der Waals surface area contributed by atoms with Gasteiger partial charge in [0.15, 0.2) is 0 Å². The van der Waals surface area contributed by atoms with Gasteiger partial charge in [-0.25, -0.2) is 0 Å². The van der Waals surface area contributed by atoms with Crippen LogP contribution in [0.25, 0.3) is 0 Å². The van der Waals surface area contributed by atoms with Crippen molar-refractivity contribution in [3.05, 3.63) is 12.2 Å². The predicted octanol–water partition coefficient (Wildman–Crippen LogP) is 2.05. The van der Waals surface area contributed by atoms with E-state index >= 15 is 0 Å². The molecule has 3 fully saturated rings. The standard InChI is InChI=1S/C11H14O2/c1-7-4-8-2-3-9-5-10(12)13-11(8,9)6-7/h8-9H,1-6H2. The van der Waals surface area contributed by atoms with Crippen LogP contribution in [-0.4, -0.2) is 11.6 Å². The van der Waals surface area contributed by atoms with E-state index in [9.17, 15) is 4.79 Å². The lowest BCUT2D eigenvalue weighted by molar-refractivity contribution is -0.150. The SMILES string of the molecule is C=C1CC2CCC3CC(=O)OC23C1. The number of carbonyl (C=O) groups excluding carboxylic acids is 1. The Kier molecular flexibility index (Phi) is 1.27.